The minimum absolute atomic E-state index is 0.288. The van der Waals surface area contributed by atoms with Crippen LogP contribution in [-0.4, -0.2) is 26.3 Å². The molecule has 1 unspecified atom stereocenters. The Morgan fingerprint density at radius 3 is 2.39 bits per heavy atom. The number of halogens is 2. The predicted molar refractivity (Wildman–Crippen MR) is 156 cm³/mol. The Hall–Kier alpha value is -3.00. The highest BCUT2D eigenvalue weighted by Gasteiger charge is 2.27. The van der Waals surface area contributed by atoms with Gasteiger partial charge in [-0.1, -0.05) is 95.1 Å². The van der Waals surface area contributed by atoms with E-state index in [0.717, 1.165) is 5.56 Å². The summed E-state index contributed by atoms with van der Waals surface area (Å²) in [5.41, 5.74) is 3.72. The largest absolute Gasteiger partial charge is 0.334 e. The zero-order valence-electron chi connectivity index (χ0n) is 21.8. The third-order valence-electron chi connectivity index (χ3n) is 5.65. The summed E-state index contributed by atoms with van der Waals surface area (Å²) in [6, 6.07) is 22.9. The number of hydrogen-bond acceptors (Lipinski definition) is 4. The molecule has 2 N–H and O–H groups in total. The summed E-state index contributed by atoms with van der Waals surface area (Å²) in [6.45, 7) is 7.89. The molecule has 0 aliphatic heterocycles. The Balaban J connectivity index is 1.76. The summed E-state index contributed by atoms with van der Waals surface area (Å²) in [6.07, 6.45) is 0.518. The number of amides is 2. The monoisotopic (exact) mass is 567 g/mol. The molecule has 0 aliphatic carbocycles. The van der Waals surface area contributed by atoms with Crippen LogP contribution in [0.1, 0.15) is 49.3 Å². The molecule has 0 bridgehead atoms. The lowest BCUT2D eigenvalue weighted by Gasteiger charge is -2.25. The van der Waals surface area contributed by atoms with E-state index in [1.165, 1.54) is 11.1 Å². The van der Waals surface area contributed by atoms with E-state index in [0.29, 0.717) is 38.9 Å². The molecule has 0 aliphatic rings. The van der Waals surface area contributed by atoms with Gasteiger partial charge in [-0.05, 0) is 57.0 Å². The lowest BCUT2D eigenvalue weighted by atomic mass is 10.0. The van der Waals surface area contributed by atoms with E-state index < -0.39 is 11.6 Å². The van der Waals surface area contributed by atoms with Gasteiger partial charge in [0.15, 0.2) is 11.0 Å². The van der Waals surface area contributed by atoms with Crippen LogP contribution in [-0.2, 0) is 12.2 Å². The van der Waals surface area contributed by atoms with Crippen molar-refractivity contribution in [3.8, 4) is 5.69 Å². The van der Waals surface area contributed by atoms with Crippen molar-refractivity contribution in [2.24, 2.45) is 0 Å². The quantitative estimate of drug-likeness (QED) is 0.215. The summed E-state index contributed by atoms with van der Waals surface area (Å²) in [7, 11) is 0. The van der Waals surface area contributed by atoms with Gasteiger partial charge >= 0.3 is 6.03 Å². The van der Waals surface area contributed by atoms with Gasteiger partial charge < -0.3 is 10.6 Å². The highest BCUT2D eigenvalue weighted by atomic mass is 35.5. The second kappa shape index (κ2) is 12.2. The highest BCUT2D eigenvalue weighted by molar-refractivity contribution is 7.98. The van der Waals surface area contributed by atoms with Gasteiger partial charge in [0.05, 0.1) is 16.8 Å². The molecule has 0 spiro atoms. The number of rotatable bonds is 8. The molecule has 1 atom stereocenters. The van der Waals surface area contributed by atoms with E-state index in [4.69, 9.17) is 23.2 Å². The Bertz CT molecular complexity index is 1400. The van der Waals surface area contributed by atoms with E-state index in [1.807, 2.05) is 67.8 Å². The van der Waals surface area contributed by atoms with Crippen molar-refractivity contribution in [2.45, 2.75) is 56.6 Å². The maximum absolute atomic E-state index is 13.0. The Kier molecular flexibility index (Phi) is 9.03. The third-order valence-corrected chi connectivity index (χ3v) is 7.19. The molecule has 4 rings (SSSR count). The maximum Gasteiger partial charge on any atom is 0.315 e. The summed E-state index contributed by atoms with van der Waals surface area (Å²) in [4.78, 5) is 13.0. The fourth-order valence-corrected chi connectivity index (χ4v) is 5.42. The molecule has 0 radical (unpaired) electrons. The molecule has 0 fully saturated rings. The topological polar surface area (TPSA) is 71.8 Å². The first kappa shape index (κ1) is 28.0. The number of carbonyl (C=O) groups is 1. The van der Waals surface area contributed by atoms with Crippen LogP contribution in [0.25, 0.3) is 5.69 Å². The molecule has 4 aromatic rings. The van der Waals surface area contributed by atoms with Gasteiger partial charge in [-0.3, -0.25) is 4.57 Å². The van der Waals surface area contributed by atoms with Gasteiger partial charge in [0, 0.05) is 22.7 Å². The number of carbonyl (C=O) groups excluding carboxylic acids is 1. The lowest BCUT2D eigenvalue weighted by molar-refractivity contribution is 0.227. The number of benzene rings is 3. The molecule has 9 heteroatoms. The number of nitrogens with zero attached hydrogens (tertiary/aromatic N) is 3. The Morgan fingerprint density at radius 2 is 1.71 bits per heavy atom. The second-order valence-electron chi connectivity index (χ2n) is 10.1. The Labute approximate surface area is 238 Å². The standard InChI is InChI=1S/C29H31Cl2N5OS/c1-19-9-8-12-21(15-19)18-38-28-35-34-26(36(28)25-14-13-22(30)17-23(25)31)24(16-20-10-6-5-7-11-20)32-27(37)33-29(2,3)4/h5-15,17,24H,16,18H2,1-4H3,(H2,32,33,37). The van der Waals surface area contributed by atoms with Crippen molar-refractivity contribution in [1.82, 2.24) is 25.4 Å². The summed E-state index contributed by atoms with van der Waals surface area (Å²) >= 11 is 14.5. The van der Waals surface area contributed by atoms with Crippen molar-refractivity contribution in [3.05, 3.63) is 105 Å². The van der Waals surface area contributed by atoms with Crippen LogP contribution in [0.15, 0.2) is 78.0 Å². The molecular weight excluding hydrogens is 537 g/mol. The number of urea groups is 1. The van der Waals surface area contributed by atoms with Crippen molar-refractivity contribution in [1.29, 1.82) is 0 Å². The van der Waals surface area contributed by atoms with Crippen LogP contribution in [0.4, 0.5) is 4.79 Å². The zero-order chi connectivity index (χ0) is 27.3. The van der Waals surface area contributed by atoms with Crippen LogP contribution in [0.3, 0.4) is 0 Å². The van der Waals surface area contributed by atoms with E-state index in [2.05, 4.69) is 46.0 Å². The molecular formula is C29H31Cl2N5OS. The van der Waals surface area contributed by atoms with Crippen molar-refractivity contribution in [2.75, 3.05) is 0 Å². The van der Waals surface area contributed by atoms with Crippen LogP contribution < -0.4 is 10.6 Å². The Morgan fingerprint density at radius 1 is 0.974 bits per heavy atom. The first-order valence-corrected chi connectivity index (χ1v) is 14.0. The SMILES string of the molecule is Cc1cccc(CSc2nnc(C(Cc3ccccc3)NC(=O)NC(C)(C)C)n2-c2ccc(Cl)cc2Cl)c1. The van der Waals surface area contributed by atoms with Crippen molar-refractivity contribution < 1.29 is 4.79 Å². The van der Waals surface area contributed by atoms with E-state index >= 15 is 0 Å². The highest BCUT2D eigenvalue weighted by Crippen LogP contribution is 2.33. The van der Waals surface area contributed by atoms with Crippen LogP contribution in [0, 0.1) is 6.92 Å². The van der Waals surface area contributed by atoms with E-state index in [-0.39, 0.29) is 6.03 Å². The number of thioether (sulfide) groups is 1. The average Bonchev–Trinajstić information content (AvgIpc) is 3.25. The molecule has 1 aromatic heterocycles. The van der Waals surface area contributed by atoms with Crippen LogP contribution in [0.2, 0.25) is 10.0 Å². The average molecular weight is 569 g/mol. The molecule has 1 heterocycles. The fourth-order valence-electron chi connectivity index (χ4n) is 4.03. The molecule has 3 aromatic carbocycles. The van der Waals surface area contributed by atoms with E-state index in [1.54, 1.807) is 23.9 Å². The number of hydrogen-bond donors (Lipinski definition) is 2. The van der Waals surface area contributed by atoms with Crippen molar-refractivity contribution in [3.63, 3.8) is 0 Å². The van der Waals surface area contributed by atoms with Gasteiger partial charge in [-0.25, -0.2) is 4.79 Å². The van der Waals surface area contributed by atoms with Gasteiger partial charge in [0.25, 0.3) is 0 Å². The predicted octanol–water partition coefficient (Wildman–Crippen LogP) is 7.56. The minimum atomic E-state index is -0.479. The van der Waals surface area contributed by atoms with Gasteiger partial charge in [0.2, 0.25) is 0 Å². The maximum atomic E-state index is 13.0. The number of aromatic nitrogens is 3. The normalized spacial score (nSPS) is 12.3. The van der Waals surface area contributed by atoms with Gasteiger partial charge in [0.1, 0.15) is 0 Å². The van der Waals surface area contributed by atoms with Gasteiger partial charge in [-0.15, -0.1) is 10.2 Å². The smallest absolute Gasteiger partial charge is 0.315 e. The fraction of sp³-hybridized carbons (Fsp3) is 0.276. The molecule has 0 saturated carbocycles. The summed E-state index contributed by atoms with van der Waals surface area (Å²) in [5, 5.41) is 16.9. The number of aryl methyl sites for hydroxylation is 1. The first-order valence-electron chi connectivity index (χ1n) is 12.3. The number of nitrogens with one attached hydrogen (secondary N) is 2. The van der Waals surface area contributed by atoms with Crippen molar-refractivity contribution >= 4 is 41.0 Å². The molecule has 0 saturated heterocycles. The van der Waals surface area contributed by atoms with E-state index in [9.17, 15) is 4.79 Å². The van der Waals surface area contributed by atoms with Gasteiger partial charge in [-0.2, -0.15) is 0 Å². The third kappa shape index (κ3) is 7.53. The zero-order valence-corrected chi connectivity index (χ0v) is 24.2. The summed E-state index contributed by atoms with van der Waals surface area (Å²) < 4.78 is 1.92. The minimum Gasteiger partial charge on any atom is -0.334 e. The second-order valence-corrected chi connectivity index (χ2v) is 11.9. The molecule has 198 valence electrons. The lowest BCUT2D eigenvalue weighted by Crippen LogP contribution is -2.48. The molecule has 38 heavy (non-hydrogen) atoms. The van der Waals surface area contributed by atoms with Crippen LogP contribution in [0.5, 0.6) is 0 Å². The van der Waals surface area contributed by atoms with Crippen LogP contribution >= 0.6 is 35.0 Å². The molecule has 6 nitrogen and oxygen atoms in total. The first-order chi connectivity index (χ1) is 18.1. The molecule has 2 amide bonds. The summed E-state index contributed by atoms with van der Waals surface area (Å²) in [5.74, 6) is 1.28.